The summed E-state index contributed by atoms with van der Waals surface area (Å²) in [5, 5.41) is 54.2. The highest BCUT2D eigenvalue weighted by Crippen LogP contribution is 2.75. The van der Waals surface area contributed by atoms with Crippen molar-refractivity contribution in [1.29, 1.82) is 0 Å². The maximum atomic E-state index is 15.1. The number of allylic oxidation sites excluding steroid dienone is 2. The number of hydrogen-bond donors (Lipinski definition) is 5. The zero-order valence-electron chi connectivity index (χ0n) is 44.4. The van der Waals surface area contributed by atoms with Gasteiger partial charge < -0.3 is 68.2 Å². The van der Waals surface area contributed by atoms with Crippen molar-refractivity contribution >= 4 is 12.3 Å². The van der Waals surface area contributed by atoms with E-state index in [-0.39, 0.29) is 45.4 Å². The van der Waals surface area contributed by atoms with E-state index in [1.54, 1.807) is 13.8 Å². The SMILES string of the molecule is CCCC1(C(=O)O[C@H](OC)[C@@H](C)O[C@@H]2O[C@@H](C)[C@H](O[C@H](OCC(C)C)C(C)C)[C@@H](O[C@H]3O[C@H](CO)[C@@H](O)[C@H](O)[C@H]3O)[C@H]2O)CC[C@]2(C)C(=CC[C@@H]3[C@@]4(C)CC[C@H](C)[C@@](C)(C=O)[C@@H]4CC[C@]32C)[C@@H]1CC. The Hall–Kier alpha value is -1.60. The minimum absolute atomic E-state index is 0.0109. The van der Waals surface area contributed by atoms with Gasteiger partial charge in [0.1, 0.15) is 55.1 Å². The fraction of sp³-hybridized carbons (Fsp3) is 0.926. The zero-order valence-corrected chi connectivity index (χ0v) is 44.4. The molecule has 22 atom stereocenters. The number of methoxy groups -OCH3 is 1. The molecule has 398 valence electrons. The summed E-state index contributed by atoms with van der Waals surface area (Å²) >= 11 is 0. The van der Waals surface area contributed by atoms with E-state index < -0.39 is 92.1 Å². The van der Waals surface area contributed by atoms with Gasteiger partial charge in [-0.25, -0.2) is 0 Å². The Labute approximate surface area is 413 Å². The van der Waals surface area contributed by atoms with E-state index >= 15 is 4.79 Å². The van der Waals surface area contributed by atoms with Crippen LogP contribution in [0.25, 0.3) is 0 Å². The molecule has 0 aromatic carbocycles. The van der Waals surface area contributed by atoms with Crippen molar-refractivity contribution in [1.82, 2.24) is 0 Å². The first-order valence-electron chi connectivity index (χ1n) is 26.5. The molecule has 69 heavy (non-hydrogen) atoms. The highest BCUT2D eigenvalue weighted by atomic mass is 16.8. The summed E-state index contributed by atoms with van der Waals surface area (Å²) in [5.74, 6) is 0.774. The molecule has 0 bridgehead atoms. The van der Waals surface area contributed by atoms with E-state index in [4.69, 9.17) is 37.9 Å². The summed E-state index contributed by atoms with van der Waals surface area (Å²) in [6.45, 7) is 27.2. The van der Waals surface area contributed by atoms with Gasteiger partial charge in [0.05, 0.1) is 24.7 Å². The van der Waals surface area contributed by atoms with Crippen LogP contribution in [0.1, 0.15) is 154 Å². The number of ether oxygens (including phenoxy) is 8. The molecule has 2 heterocycles. The minimum atomic E-state index is -1.75. The molecule has 0 radical (unpaired) electrons. The van der Waals surface area contributed by atoms with Gasteiger partial charge in [-0.3, -0.25) is 4.79 Å². The number of carbonyl (C=O) groups is 2. The normalized spacial score (nSPS) is 46.0. The van der Waals surface area contributed by atoms with Crippen molar-refractivity contribution in [3.8, 4) is 0 Å². The van der Waals surface area contributed by atoms with Gasteiger partial charge in [0.15, 0.2) is 18.9 Å². The molecule has 2 saturated heterocycles. The van der Waals surface area contributed by atoms with Gasteiger partial charge in [-0.15, -0.1) is 0 Å². The number of aldehydes is 1. The number of esters is 1. The molecule has 2 aliphatic heterocycles. The Kier molecular flexibility index (Phi) is 18.1. The van der Waals surface area contributed by atoms with Crippen molar-refractivity contribution in [3.05, 3.63) is 11.6 Å². The van der Waals surface area contributed by atoms with E-state index in [0.717, 1.165) is 51.4 Å². The predicted octanol–water partition coefficient (Wildman–Crippen LogP) is 6.85. The molecule has 0 aromatic rings. The summed E-state index contributed by atoms with van der Waals surface area (Å²) in [6, 6.07) is 0. The predicted molar refractivity (Wildman–Crippen MR) is 257 cm³/mol. The van der Waals surface area contributed by atoms with Crippen LogP contribution >= 0.6 is 0 Å². The average molecular weight is 981 g/mol. The molecular weight excluding hydrogens is 889 g/mol. The van der Waals surface area contributed by atoms with Crippen LogP contribution in [0, 0.1) is 62.6 Å². The zero-order chi connectivity index (χ0) is 51.2. The number of fused-ring (bicyclic) bond motifs is 5. The lowest BCUT2D eigenvalue weighted by molar-refractivity contribution is -0.378. The molecule has 1 unspecified atom stereocenters. The van der Waals surface area contributed by atoms with Crippen LogP contribution in [0.3, 0.4) is 0 Å². The lowest BCUT2D eigenvalue weighted by Crippen LogP contribution is -2.65. The van der Waals surface area contributed by atoms with Crippen LogP contribution in [0.15, 0.2) is 11.6 Å². The Balaban J connectivity index is 1.23. The van der Waals surface area contributed by atoms with Crippen LogP contribution in [0.5, 0.6) is 0 Å². The van der Waals surface area contributed by atoms with Crippen molar-refractivity contribution in [2.24, 2.45) is 62.6 Å². The lowest BCUT2D eigenvalue weighted by atomic mass is 9.33. The largest absolute Gasteiger partial charge is 0.432 e. The van der Waals surface area contributed by atoms with Crippen LogP contribution in [0.4, 0.5) is 0 Å². The first-order valence-corrected chi connectivity index (χ1v) is 26.5. The Morgan fingerprint density at radius 2 is 1.54 bits per heavy atom. The first-order chi connectivity index (χ1) is 32.4. The van der Waals surface area contributed by atoms with Gasteiger partial charge in [-0.2, -0.15) is 0 Å². The third-order valence-electron chi connectivity index (χ3n) is 19.1. The van der Waals surface area contributed by atoms with Crippen molar-refractivity contribution in [3.63, 3.8) is 0 Å². The Bertz CT molecular complexity index is 1760. The molecule has 0 amide bonds. The van der Waals surface area contributed by atoms with E-state index in [1.807, 2.05) is 27.7 Å². The van der Waals surface area contributed by atoms with Gasteiger partial charge >= 0.3 is 5.97 Å². The average Bonchev–Trinajstić information content (AvgIpc) is 3.30. The molecule has 15 nitrogen and oxygen atoms in total. The minimum Gasteiger partial charge on any atom is -0.432 e. The second kappa shape index (κ2) is 22.1. The van der Waals surface area contributed by atoms with Gasteiger partial charge in [0.2, 0.25) is 6.29 Å². The smallest absolute Gasteiger partial charge is 0.315 e. The monoisotopic (exact) mass is 981 g/mol. The molecule has 0 aromatic heterocycles. The maximum absolute atomic E-state index is 15.1. The molecular formula is C54H92O15. The molecule has 6 rings (SSSR count). The topological polar surface area (TPSA) is 209 Å². The first kappa shape index (κ1) is 56.7. The van der Waals surface area contributed by atoms with Gasteiger partial charge in [0.25, 0.3) is 0 Å². The second-order valence-electron chi connectivity index (χ2n) is 23.9. The van der Waals surface area contributed by atoms with E-state index in [2.05, 4.69) is 54.5 Å². The van der Waals surface area contributed by atoms with Crippen LogP contribution < -0.4 is 0 Å². The van der Waals surface area contributed by atoms with Crippen molar-refractivity contribution < 1.29 is 73.0 Å². The fourth-order valence-corrected chi connectivity index (χ4v) is 14.7. The second-order valence-corrected chi connectivity index (χ2v) is 23.9. The highest BCUT2D eigenvalue weighted by molar-refractivity contribution is 5.78. The highest BCUT2D eigenvalue weighted by Gasteiger charge is 2.69. The number of hydrogen-bond acceptors (Lipinski definition) is 15. The van der Waals surface area contributed by atoms with Crippen molar-refractivity contribution in [2.75, 3.05) is 20.3 Å². The fourth-order valence-electron chi connectivity index (χ4n) is 14.7. The number of carbonyl (C=O) groups excluding carboxylic acids is 2. The van der Waals surface area contributed by atoms with E-state index in [1.165, 1.54) is 19.0 Å². The summed E-state index contributed by atoms with van der Waals surface area (Å²) in [4.78, 5) is 28.0. The van der Waals surface area contributed by atoms with E-state index in [0.29, 0.717) is 37.2 Å². The standard InChI is InChI=1S/C54H92O15/c1-15-21-54(25-24-52(12)35(34(54)16-2)17-18-38-50(10)22-19-31(7)51(11,28-56)37(50)20-23-53(38,52)13)49(61)69-46(62-14)33(9)65-48-42(60)44(68-47-41(59)40(58)39(57)36(26-55)66-47)43(32(8)64-48)67-45(30(5)6)63-27-29(3)4/h17,28-34,36-48,55,57-60H,15-16,18-27H2,1-14H3/t31-,32-,33+,34-,36+,37+,38+,39+,40-,41+,42+,43-,44-,45-,46-,47+,48-,50-,51+,52+,53+,54?/m0/s1. The number of rotatable bonds is 19. The third kappa shape index (κ3) is 10.1. The molecule has 6 aliphatic rings. The van der Waals surface area contributed by atoms with Gasteiger partial charge in [0, 0.05) is 18.4 Å². The summed E-state index contributed by atoms with van der Waals surface area (Å²) in [5.41, 5.74) is 0.0926. The molecule has 15 heteroatoms. The quantitative estimate of drug-likeness (QED) is 0.0388. The van der Waals surface area contributed by atoms with Gasteiger partial charge in [-0.05, 0) is 117 Å². The number of aliphatic hydroxyl groups is 5. The Morgan fingerprint density at radius 3 is 2.13 bits per heavy atom. The molecule has 5 N–H and O–H groups in total. The summed E-state index contributed by atoms with van der Waals surface area (Å²) < 4.78 is 49.7. The van der Waals surface area contributed by atoms with E-state index in [9.17, 15) is 30.3 Å². The lowest BCUT2D eigenvalue weighted by Gasteiger charge is -2.70. The number of aliphatic hydroxyl groups excluding tert-OH is 5. The molecule has 3 saturated carbocycles. The Morgan fingerprint density at radius 1 is 0.841 bits per heavy atom. The molecule has 0 spiro atoms. The van der Waals surface area contributed by atoms with Crippen molar-refractivity contribution in [2.45, 2.75) is 234 Å². The van der Waals surface area contributed by atoms with Gasteiger partial charge in [-0.1, -0.05) is 94.2 Å². The molecule has 5 fully saturated rings. The summed E-state index contributed by atoms with van der Waals surface area (Å²) in [6.07, 6.45) is -4.45. The maximum Gasteiger partial charge on any atom is 0.315 e. The summed E-state index contributed by atoms with van der Waals surface area (Å²) in [7, 11) is 1.45. The third-order valence-corrected chi connectivity index (χ3v) is 19.1. The van der Waals surface area contributed by atoms with Crippen LogP contribution in [-0.2, 0) is 47.5 Å². The van der Waals surface area contributed by atoms with Crippen LogP contribution in [0.2, 0.25) is 0 Å². The molecule has 4 aliphatic carbocycles. The van der Waals surface area contributed by atoms with Crippen LogP contribution in [-0.4, -0.2) is 138 Å².